The molecule has 1 amide bonds. The molecule has 0 bridgehead atoms. The smallest absolute Gasteiger partial charge is 0.322 e. The fraction of sp³-hybridized carbons (Fsp3) is 0.786. The first kappa shape index (κ1) is 13.5. The Bertz CT molecular complexity index is 515. The highest BCUT2D eigenvalue weighted by Crippen LogP contribution is 2.68. The summed E-state index contributed by atoms with van der Waals surface area (Å²) in [4.78, 5) is 12.3. The molecular formula is C14H22N4O2. The summed E-state index contributed by atoms with van der Waals surface area (Å²) in [7, 11) is 0. The maximum atomic E-state index is 12.3. The van der Waals surface area contributed by atoms with Crippen LogP contribution in [0.2, 0.25) is 0 Å². The van der Waals surface area contributed by atoms with Crippen molar-refractivity contribution >= 4 is 11.9 Å². The molecule has 0 radical (unpaired) electrons. The first-order valence-corrected chi connectivity index (χ1v) is 7.21. The van der Waals surface area contributed by atoms with Gasteiger partial charge in [0, 0.05) is 5.92 Å². The number of nitrogens with zero attached hydrogens (tertiary/aromatic N) is 2. The van der Waals surface area contributed by atoms with Crippen molar-refractivity contribution in [2.45, 2.75) is 46.6 Å². The minimum Gasteiger partial charge on any atom is -0.406 e. The number of nitrogens with one attached hydrogen (secondary N) is 2. The van der Waals surface area contributed by atoms with Crippen LogP contribution in [0.25, 0.3) is 0 Å². The van der Waals surface area contributed by atoms with Crippen LogP contribution < -0.4 is 10.6 Å². The van der Waals surface area contributed by atoms with Gasteiger partial charge < -0.3 is 9.73 Å². The summed E-state index contributed by atoms with van der Waals surface area (Å²) in [5, 5.41) is 14.0. The summed E-state index contributed by atoms with van der Waals surface area (Å²) < 4.78 is 5.54. The van der Waals surface area contributed by atoms with Crippen molar-refractivity contribution in [2.75, 3.05) is 11.9 Å². The maximum Gasteiger partial charge on any atom is 0.322 e. The normalized spacial score (nSPS) is 27.5. The third kappa shape index (κ3) is 1.93. The Hall–Kier alpha value is -1.43. The molecule has 20 heavy (non-hydrogen) atoms. The standard InChI is InChI=1S/C14H22N4O2/c1-13(2)9(14(13,3)4)10(19)16-12-18-17-11(20-12)8-6-5-7-15-8/h8-9,15H,5-7H2,1-4H3,(H,16,18,19). The zero-order valence-corrected chi connectivity index (χ0v) is 12.5. The summed E-state index contributed by atoms with van der Waals surface area (Å²) in [6, 6.07) is 0.333. The molecule has 1 aliphatic carbocycles. The summed E-state index contributed by atoms with van der Waals surface area (Å²) in [6.45, 7) is 9.41. The van der Waals surface area contributed by atoms with Gasteiger partial charge in [0.05, 0.1) is 6.04 Å². The summed E-state index contributed by atoms with van der Waals surface area (Å²) >= 11 is 0. The van der Waals surface area contributed by atoms with Crippen molar-refractivity contribution in [3.05, 3.63) is 5.89 Å². The molecule has 3 rings (SSSR count). The number of carbonyl (C=O) groups excluding carboxylic acids is 1. The van der Waals surface area contributed by atoms with Crippen LogP contribution in [-0.2, 0) is 4.79 Å². The lowest BCUT2D eigenvalue weighted by Gasteiger charge is -2.03. The fourth-order valence-electron chi connectivity index (χ4n) is 3.35. The second kappa shape index (κ2) is 4.28. The fourth-order valence-corrected chi connectivity index (χ4v) is 3.35. The Morgan fingerprint density at radius 2 is 2.00 bits per heavy atom. The largest absolute Gasteiger partial charge is 0.406 e. The quantitative estimate of drug-likeness (QED) is 0.885. The SMILES string of the molecule is CC1(C)C(C(=O)Nc2nnc(C3CCCN3)o2)C1(C)C. The Kier molecular flexibility index (Phi) is 2.90. The minimum atomic E-state index is -0.0328. The molecule has 2 heterocycles. The zero-order chi connectivity index (χ0) is 14.5. The first-order chi connectivity index (χ1) is 9.34. The highest BCUT2D eigenvalue weighted by molar-refractivity contribution is 5.94. The third-order valence-electron chi connectivity index (χ3n) is 5.31. The van der Waals surface area contributed by atoms with Gasteiger partial charge in [0.25, 0.3) is 0 Å². The molecule has 6 heteroatoms. The second-order valence-electron chi connectivity index (χ2n) is 6.96. The van der Waals surface area contributed by atoms with Gasteiger partial charge in [-0.25, -0.2) is 0 Å². The number of hydrogen-bond donors (Lipinski definition) is 2. The van der Waals surface area contributed by atoms with Crippen LogP contribution >= 0.6 is 0 Å². The minimum absolute atomic E-state index is 0.00689. The van der Waals surface area contributed by atoms with Crippen molar-refractivity contribution in [2.24, 2.45) is 16.7 Å². The summed E-state index contributed by atoms with van der Waals surface area (Å²) in [5.74, 6) is 0.511. The van der Waals surface area contributed by atoms with Gasteiger partial charge in [-0.05, 0) is 30.2 Å². The van der Waals surface area contributed by atoms with Crippen LogP contribution in [-0.4, -0.2) is 22.6 Å². The van der Waals surface area contributed by atoms with Crippen LogP contribution in [0.15, 0.2) is 4.42 Å². The van der Waals surface area contributed by atoms with Crippen molar-refractivity contribution < 1.29 is 9.21 Å². The van der Waals surface area contributed by atoms with Crippen molar-refractivity contribution in [3.63, 3.8) is 0 Å². The van der Waals surface area contributed by atoms with Crippen molar-refractivity contribution in [1.82, 2.24) is 15.5 Å². The van der Waals surface area contributed by atoms with E-state index in [2.05, 4.69) is 48.5 Å². The predicted octanol–water partition coefficient (Wildman–Crippen LogP) is 2.11. The third-order valence-corrected chi connectivity index (χ3v) is 5.31. The molecule has 1 aromatic heterocycles. The highest BCUT2D eigenvalue weighted by Gasteiger charge is 2.68. The van der Waals surface area contributed by atoms with E-state index >= 15 is 0 Å². The molecule has 2 N–H and O–H groups in total. The van der Waals surface area contributed by atoms with Gasteiger partial charge in [-0.15, -0.1) is 5.10 Å². The van der Waals surface area contributed by atoms with Gasteiger partial charge in [0.2, 0.25) is 11.8 Å². The molecule has 6 nitrogen and oxygen atoms in total. The number of aromatic nitrogens is 2. The van der Waals surface area contributed by atoms with Gasteiger partial charge in [-0.3, -0.25) is 10.1 Å². The van der Waals surface area contributed by atoms with E-state index in [0.717, 1.165) is 19.4 Å². The van der Waals surface area contributed by atoms with Gasteiger partial charge in [0.1, 0.15) is 0 Å². The van der Waals surface area contributed by atoms with Crippen molar-refractivity contribution in [3.8, 4) is 0 Å². The van der Waals surface area contributed by atoms with Gasteiger partial charge in [-0.2, -0.15) is 0 Å². The molecule has 110 valence electrons. The maximum absolute atomic E-state index is 12.3. The lowest BCUT2D eigenvalue weighted by Crippen LogP contribution is -2.17. The number of hydrogen-bond acceptors (Lipinski definition) is 5. The molecular weight excluding hydrogens is 256 g/mol. The molecule has 0 aromatic carbocycles. The van der Waals surface area contributed by atoms with Crippen LogP contribution in [0.4, 0.5) is 6.01 Å². The first-order valence-electron chi connectivity index (χ1n) is 7.21. The van der Waals surface area contributed by atoms with Crippen molar-refractivity contribution in [1.29, 1.82) is 0 Å². The molecule has 0 spiro atoms. The monoisotopic (exact) mass is 278 g/mol. The van der Waals surface area contributed by atoms with E-state index in [1.807, 2.05) is 0 Å². The number of anilines is 1. The topological polar surface area (TPSA) is 80.0 Å². The van der Waals surface area contributed by atoms with Gasteiger partial charge in [0.15, 0.2) is 0 Å². The van der Waals surface area contributed by atoms with Crippen LogP contribution in [0.3, 0.4) is 0 Å². The van der Waals surface area contributed by atoms with Gasteiger partial charge >= 0.3 is 6.01 Å². The lowest BCUT2D eigenvalue weighted by molar-refractivity contribution is -0.118. The average molecular weight is 278 g/mol. The molecule has 1 atom stereocenters. The molecule has 2 aliphatic rings. The van der Waals surface area contributed by atoms with E-state index in [-0.39, 0.29) is 34.7 Å². The molecule has 1 saturated heterocycles. The Morgan fingerprint density at radius 1 is 1.30 bits per heavy atom. The predicted molar refractivity (Wildman–Crippen MR) is 74.0 cm³/mol. The van der Waals surface area contributed by atoms with Crippen LogP contribution in [0.1, 0.15) is 52.5 Å². The number of rotatable bonds is 3. The van der Waals surface area contributed by atoms with E-state index in [1.54, 1.807) is 0 Å². The van der Waals surface area contributed by atoms with E-state index in [4.69, 9.17) is 4.42 Å². The molecule has 1 aromatic rings. The Labute approximate surface area is 118 Å². The molecule has 2 fully saturated rings. The van der Waals surface area contributed by atoms with E-state index in [1.165, 1.54) is 0 Å². The molecule has 1 saturated carbocycles. The lowest BCUT2D eigenvalue weighted by atomic mass is 10.0. The van der Waals surface area contributed by atoms with E-state index < -0.39 is 0 Å². The summed E-state index contributed by atoms with van der Waals surface area (Å²) in [5.41, 5.74) is 0.0138. The highest BCUT2D eigenvalue weighted by atomic mass is 16.4. The number of amides is 1. The Morgan fingerprint density at radius 3 is 2.55 bits per heavy atom. The van der Waals surface area contributed by atoms with Gasteiger partial charge in [-0.1, -0.05) is 32.8 Å². The zero-order valence-electron chi connectivity index (χ0n) is 12.5. The molecule has 1 unspecified atom stereocenters. The van der Waals surface area contributed by atoms with E-state index in [9.17, 15) is 4.79 Å². The molecule has 1 aliphatic heterocycles. The number of carbonyl (C=O) groups is 1. The second-order valence-corrected chi connectivity index (χ2v) is 6.96. The Balaban J connectivity index is 1.65. The van der Waals surface area contributed by atoms with Crippen LogP contribution in [0.5, 0.6) is 0 Å². The van der Waals surface area contributed by atoms with Crippen LogP contribution in [0, 0.1) is 16.7 Å². The summed E-state index contributed by atoms with van der Waals surface area (Å²) in [6.07, 6.45) is 2.11. The van der Waals surface area contributed by atoms with E-state index in [0.29, 0.717) is 5.89 Å². The average Bonchev–Trinajstić information content (AvgIpc) is 2.82.